The minimum absolute atomic E-state index is 0.200. The minimum atomic E-state index is 0.200. The fourth-order valence-electron chi connectivity index (χ4n) is 2.36. The van der Waals surface area contributed by atoms with Gasteiger partial charge in [0.25, 0.3) is 0 Å². The van der Waals surface area contributed by atoms with Gasteiger partial charge in [-0.2, -0.15) is 0 Å². The molecule has 0 aliphatic carbocycles. The van der Waals surface area contributed by atoms with Crippen molar-refractivity contribution in [3.8, 4) is 0 Å². The fourth-order valence-corrected chi connectivity index (χ4v) is 2.61. The van der Waals surface area contributed by atoms with Crippen LogP contribution in [0, 0.1) is 12.8 Å². The van der Waals surface area contributed by atoms with Crippen molar-refractivity contribution in [1.29, 1.82) is 0 Å². The molecule has 0 aliphatic heterocycles. The molecule has 1 unspecified atom stereocenters. The summed E-state index contributed by atoms with van der Waals surface area (Å²) in [6.45, 7) is 6.40. The zero-order chi connectivity index (χ0) is 15.9. The molecule has 0 saturated heterocycles. The van der Waals surface area contributed by atoms with Crippen LogP contribution in [-0.2, 0) is 0 Å². The Bertz CT molecular complexity index is 611. The quantitative estimate of drug-likeness (QED) is 0.799. The Morgan fingerprint density at radius 2 is 1.82 bits per heavy atom. The summed E-state index contributed by atoms with van der Waals surface area (Å²) in [5.74, 6) is 1.35. The molecule has 0 fully saturated rings. The average Bonchev–Trinajstić information content (AvgIpc) is 2.47. The van der Waals surface area contributed by atoms with Crippen LogP contribution in [0.2, 0.25) is 0 Å². The van der Waals surface area contributed by atoms with Gasteiger partial charge in [-0.1, -0.05) is 50.2 Å². The third kappa shape index (κ3) is 5.11. The van der Waals surface area contributed by atoms with Crippen LogP contribution in [-0.4, -0.2) is 10.1 Å². The second kappa shape index (κ2) is 7.90. The number of rotatable bonds is 5. The lowest BCUT2D eigenvalue weighted by Gasteiger charge is -2.23. The number of pyridine rings is 1. The van der Waals surface area contributed by atoms with Crippen LogP contribution in [0.3, 0.4) is 0 Å². The lowest BCUT2D eigenvalue weighted by atomic mass is 9.97. The number of benzene rings is 1. The third-order valence-electron chi connectivity index (χ3n) is 3.34. The number of nitrogens with one attached hydrogen (secondary N) is 2. The van der Waals surface area contributed by atoms with E-state index in [1.165, 1.54) is 5.56 Å². The monoisotopic (exact) mass is 313 g/mol. The SMILES string of the molecule is Cc1cccc(NC(=S)NC(CC(C)C)c2ccccc2)n1. The van der Waals surface area contributed by atoms with Gasteiger partial charge in [-0.25, -0.2) is 4.98 Å². The van der Waals surface area contributed by atoms with E-state index in [4.69, 9.17) is 12.2 Å². The van der Waals surface area contributed by atoms with Crippen molar-refractivity contribution in [2.75, 3.05) is 5.32 Å². The van der Waals surface area contributed by atoms with Crippen LogP contribution in [0.25, 0.3) is 0 Å². The van der Waals surface area contributed by atoms with Crippen LogP contribution < -0.4 is 10.6 Å². The van der Waals surface area contributed by atoms with Crippen molar-refractivity contribution in [2.24, 2.45) is 5.92 Å². The van der Waals surface area contributed by atoms with Crippen molar-refractivity contribution in [3.05, 3.63) is 59.8 Å². The Labute approximate surface area is 138 Å². The van der Waals surface area contributed by atoms with Gasteiger partial charge in [-0.15, -0.1) is 0 Å². The lowest BCUT2D eigenvalue weighted by molar-refractivity contribution is 0.481. The van der Waals surface area contributed by atoms with Gasteiger partial charge in [0.15, 0.2) is 5.11 Å². The predicted molar refractivity (Wildman–Crippen MR) is 97.0 cm³/mol. The third-order valence-corrected chi connectivity index (χ3v) is 3.56. The molecule has 1 aromatic carbocycles. The van der Waals surface area contributed by atoms with E-state index in [2.05, 4.69) is 53.7 Å². The number of thiocarbonyl (C=S) groups is 1. The highest BCUT2D eigenvalue weighted by atomic mass is 32.1. The predicted octanol–water partition coefficient (Wildman–Crippen LogP) is 4.46. The number of aromatic nitrogens is 1. The van der Waals surface area contributed by atoms with Crippen LogP contribution in [0.15, 0.2) is 48.5 Å². The molecule has 2 N–H and O–H groups in total. The maximum atomic E-state index is 5.45. The fraction of sp³-hybridized carbons (Fsp3) is 0.333. The van der Waals surface area contributed by atoms with Gasteiger partial charge in [-0.3, -0.25) is 0 Å². The molecule has 0 bridgehead atoms. The number of aryl methyl sites for hydroxylation is 1. The smallest absolute Gasteiger partial charge is 0.172 e. The molecule has 1 atom stereocenters. The zero-order valence-corrected chi connectivity index (χ0v) is 14.2. The molecule has 22 heavy (non-hydrogen) atoms. The van der Waals surface area contributed by atoms with Crippen molar-refractivity contribution >= 4 is 23.1 Å². The van der Waals surface area contributed by atoms with Gasteiger partial charge < -0.3 is 10.6 Å². The first-order chi connectivity index (χ1) is 10.5. The molecule has 116 valence electrons. The highest BCUT2D eigenvalue weighted by molar-refractivity contribution is 7.80. The van der Waals surface area contributed by atoms with Crippen molar-refractivity contribution < 1.29 is 0 Å². The maximum Gasteiger partial charge on any atom is 0.172 e. The van der Waals surface area contributed by atoms with E-state index in [1.807, 2.05) is 31.2 Å². The summed E-state index contributed by atoms with van der Waals surface area (Å²) in [5.41, 5.74) is 2.21. The second-order valence-corrected chi connectivity index (χ2v) is 6.26. The molecule has 0 spiro atoms. The van der Waals surface area contributed by atoms with Gasteiger partial charge in [0.05, 0.1) is 6.04 Å². The summed E-state index contributed by atoms with van der Waals surface area (Å²) in [6.07, 6.45) is 1.02. The van der Waals surface area contributed by atoms with Gasteiger partial charge >= 0.3 is 0 Å². The Balaban J connectivity index is 2.05. The van der Waals surface area contributed by atoms with Crippen LogP contribution in [0.4, 0.5) is 5.82 Å². The highest BCUT2D eigenvalue weighted by Crippen LogP contribution is 2.21. The molecule has 0 amide bonds. The van der Waals surface area contributed by atoms with Crippen molar-refractivity contribution in [2.45, 2.75) is 33.2 Å². The maximum absolute atomic E-state index is 5.45. The summed E-state index contributed by atoms with van der Waals surface area (Å²) in [7, 11) is 0. The molecule has 1 heterocycles. The second-order valence-electron chi connectivity index (χ2n) is 5.86. The van der Waals surface area contributed by atoms with E-state index in [0.29, 0.717) is 11.0 Å². The summed E-state index contributed by atoms with van der Waals surface area (Å²) in [4.78, 5) is 4.42. The van der Waals surface area contributed by atoms with Crippen LogP contribution in [0.5, 0.6) is 0 Å². The van der Waals surface area contributed by atoms with Crippen molar-refractivity contribution in [3.63, 3.8) is 0 Å². The number of hydrogen-bond acceptors (Lipinski definition) is 2. The molecule has 0 saturated carbocycles. The molecule has 0 radical (unpaired) electrons. The van der Waals surface area contributed by atoms with Gasteiger partial charge in [0.2, 0.25) is 0 Å². The first-order valence-corrected chi connectivity index (χ1v) is 8.01. The molecular weight excluding hydrogens is 290 g/mol. The first kappa shape index (κ1) is 16.4. The van der Waals surface area contributed by atoms with E-state index in [0.717, 1.165) is 17.9 Å². The molecular formula is C18H23N3S. The Kier molecular flexibility index (Phi) is 5.90. The lowest BCUT2D eigenvalue weighted by Crippen LogP contribution is -2.33. The molecule has 4 heteroatoms. The molecule has 2 aromatic rings. The normalized spacial score (nSPS) is 12.0. The summed E-state index contributed by atoms with van der Waals surface area (Å²) in [6, 6.07) is 16.5. The number of anilines is 1. The van der Waals surface area contributed by atoms with Gasteiger partial charge in [0, 0.05) is 5.69 Å². The Hall–Kier alpha value is -1.94. The largest absolute Gasteiger partial charge is 0.356 e. The number of nitrogens with zero attached hydrogens (tertiary/aromatic N) is 1. The summed E-state index contributed by atoms with van der Waals surface area (Å²) < 4.78 is 0. The van der Waals surface area contributed by atoms with Crippen LogP contribution >= 0.6 is 12.2 Å². The van der Waals surface area contributed by atoms with E-state index >= 15 is 0 Å². The van der Waals surface area contributed by atoms with Crippen molar-refractivity contribution in [1.82, 2.24) is 10.3 Å². The zero-order valence-electron chi connectivity index (χ0n) is 13.3. The summed E-state index contributed by atoms with van der Waals surface area (Å²) in [5, 5.41) is 7.18. The molecule has 3 nitrogen and oxygen atoms in total. The minimum Gasteiger partial charge on any atom is -0.356 e. The standard InChI is InChI=1S/C18H23N3S/c1-13(2)12-16(15-9-5-4-6-10-15)20-18(22)21-17-11-7-8-14(3)19-17/h4-11,13,16H,12H2,1-3H3,(H2,19,20,21,22). The molecule has 2 rings (SSSR count). The van der Waals surface area contributed by atoms with E-state index in [1.54, 1.807) is 0 Å². The molecule has 1 aromatic heterocycles. The van der Waals surface area contributed by atoms with E-state index in [-0.39, 0.29) is 6.04 Å². The average molecular weight is 313 g/mol. The van der Waals surface area contributed by atoms with Gasteiger partial charge in [0.1, 0.15) is 5.82 Å². The number of hydrogen-bond donors (Lipinski definition) is 2. The van der Waals surface area contributed by atoms with E-state index in [9.17, 15) is 0 Å². The Morgan fingerprint density at radius 1 is 1.09 bits per heavy atom. The van der Waals surface area contributed by atoms with E-state index < -0.39 is 0 Å². The first-order valence-electron chi connectivity index (χ1n) is 7.60. The van der Waals surface area contributed by atoms with Gasteiger partial charge in [-0.05, 0) is 49.2 Å². The summed E-state index contributed by atoms with van der Waals surface area (Å²) >= 11 is 5.45. The topological polar surface area (TPSA) is 37.0 Å². The molecule has 0 aliphatic rings. The Morgan fingerprint density at radius 3 is 2.45 bits per heavy atom. The van der Waals surface area contributed by atoms with Crippen LogP contribution in [0.1, 0.15) is 37.6 Å². The highest BCUT2D eigenvalue weighted by Gasteiger charge is 2.14.